The van der Waals surface area contributed by atoms with Crippen molar-refractivity contribution in [3.63, 3.8) is 0 Å². The predicted octanol–water partition coefficient (Wildman–Crippen LogP) is -2.06. The van der Waals surface area contributed by atoms with Crippen LogP contribution in [0.25, 0.3) is 0 Å². The first-order valence-corrected chi connectivity index (χ1v) is 9.21. The zero-order valence-corrected chi connectivity index (χ0v) is 15.0. The number of thiophene rings is 1. The second kappa shape index (κ2) is 9.22. The lowest BCUT2D eigenvalue weighted by Gasteiger charge is -2.29. The molecule has 23 heavy (non-hydrogen) atoms. The standard InChI is InChI=1S/C15H23ClN4O2S/c1-2-17-14(21)9-18-15(22)11-20-7-5-19(6-8-20)10-12-3-4-13(16)23-12/h3-4H,2,5-11H2,1H3,(H,17,21)(H,18,22)/p+2. The molecule has 2 amide bonds. The fraction of sp³-hybridized carbons (Fsp3) is 0.600. The number of carbonyl (C=O) groups is 2. The van der Waals surface area contributed by atoms with Crippen LogP contribution in [0.5, 0.6) is 0 Å². The Morgan fingerprint density at radius 3 is 2.43 bits per heavy atom. The van der Waals surface area contributed by atoms with E-state index in [1.807, 2.05) is 13.0 Å². The molecule has 0 aromatic carbocycles. The maximum absolute atomic E-state index is 11.9. The van der Waals surface area contributed by atoms with Gasteiger partial charge in [0.15, 0.2) is 6.54 Å². The summed E-state index contributed by atoms with van der Waals surface area (Å²) in [5.74, 6) is -0.195. The molecule has 0 atom stereocenters. The van der Waals surface area contributed by atoms with Gasteiger partial charge in [-0.05, 0) is 19.1 Å². The van der Waals surface area contributed by atoms with Crippen molar-refractivity contribution in [1.82, 2.24) is 10.6 Å². The maximum atomic E-state index is 11.9. The number of halogens is 1. The van der Waals surface area contributed by atoms with Gasteiger partial charge in [0, 0.05) is 6.54 Å². The zero-order chi connectivity index (χ0) is 16.7. The molecular weight excluding hydrogens is 336 g/mol. The third-order valence-corrected chi connectivity index (χ3v) is 5.18. The summed E-state index contributed by atoms with van der Waals surface area (Å²) in [6.07, 6.45) is 0. The molecule has 6 nitrogen and oxygen atoms in total. The monoisotopic (exact) mass is 360 g/mol. The van der Waals surface area contributed by atoms with E-state index in [1.165, 1.54) is 14.7 Å². The van der Waals surface area contributed by atoms with Crippen LogP contribution in [0.2, 0.25) is 4.34 Å². The van der Waals surface area contributed by atoms with Crippen molar-refractivity contribution in [2.24, 2.45) is 0 Å². The van der Waals surface area contributed by atoms with Crippen LogP contribution in [0.4, 0.5) is 0 Å². The van der Waals surface area contributed by atoms with Gasteiger partial charge in [0.1, 0.15) is 32.7 Å². The summed E-state index contributed by atoms with van der Waals surface area (Å²) in [6.45, 7) is 8.01. The van der Waals surface area contributed by atoms with Crippen LogP contribution in [0.1, 0.15) is 11.8 Å². The summed E-state index contributed by atoms with van der Waals surface area (Å²) in [7, 11) is 0. The summed E-state index contributed by atoms with van der Waals surface area (Å²) in [6, 6.07) is 4.04. The average Bonchev–Trinajstić information content (AvgIpc) is 2.93. The first-order valence-electron chi connectivity index (χ1n) is 8.01. The van der Waals surface area contributed by atoms with Gasteiger partial charge in [-0.1, -0.05) is 11.6 Å². The largest absolute Gasteiger partial charge is 0.355 e. The van der Waals surface area contributed by atoms with Crippen molar-refractivity contribution in [2.75, 3.05) is 45.8 Å². The second-order valence-electron chi connectivity index (χ2n) is 5.79. The minimum atomic E-state index is -0.139. The molecular formula is C15H25ClN4O2S+2. The highest BCUT2D eigenvalue weighted by Crippen LogP contribution is 2.20. The summed E-state index contributed by atoms with van der Waals surface area (Å²) in [5, 5.41) is 5.34. The molecule has 1 aliphatic rings. The van der Waals surface area contributed by atoms with Crippen LogP contribution in [0, 0.1) is 0 Å². The SMILES string of the molecule is CCNC(=O)CNC(=O)C[NH+]1CC[NH+](Cc2ccc(Cl)s2)CC1. The molecule has 2 rings (SSSR count). The van der Waals surface area contributed by atoms with E-state index in [4.69, 9.17) is 11.6 Å². The second-order valence-corrected chi connectivity index (χ2v) is 7.59. The third-order valence-electron chi connectivity index (χ3n) is 3.95. The van der Waals surface area contributed by atoms with E-state index >= 15 is 0 Å². The molecule has 0 aliphatic carbocycles. The Kier molecular flexibility index (Phi) is 7.29. The molecule has 1 saturated heterocycles. The first-order chi connectivity index (χ1) is 11.1. The fourth-order valence-electron chi connectivity index (χ4n) is 2.73. The van der Waals surface area contributed by atoms with Gasteiger partial charge in [0.2, 0.25) is 5.91 Å². The van der Waals surface area contributed by atoms with Crippen molar-refractivity contribution in [3.8, 4) is 0 Å². The number of nitrogens with one attached hydrogen (secondary N) is 4. The van der Waals surface area contributed by atoms with Crippen LogP contribution < -0.4 is 20.4 Å². The highest BCUT2D eigenvalue weighted by Gasteiger charge is 2.25. The Balaban J connectivity index is 1.64. The van der Waals surface area contributed by atoms with Gasteiger partial charge < -0.3 is 20.4 Å². The number of quaternary nitrogens is 2. The number of hydrogen-bond donors (Lipinski definition) is 4. The number of likely N-dealkylation sites (N-methyl/N-ethyl adjacent to an activating group) is 1. The van der Waals surface area contributed by atoms with Gasteiger partial charge in [-0.3, -0.25) is 9.59 Å². The van der Waals surface area contributed by atoms with Gasteiger partial charge in [-0.25, -0.2) is 0 Å². The smallest absolute Gasteiger partial charge is 0.275 e. The van der Waals surface area contributed by atoms with Crippen LogP contribution in [0.15, 0.2) is 12.1 Å². The first kappa shape index (κ1) is 18.2. The lowest BCUT2D eigenvalue weighted by molar-refractivity contribution is -1.01. The van der Waals surface area contributed by atoms with E-state index in [9.17, 15) is 9.59 Å². The van der Waals surface area contributed by atoms with Crippen molar-refractivity contribution < 1.29 is 19.4 Å². The van der Waals surface area contributed by atoms with E-state index in [2.05, 4.69) is 16.7 Å². The van der Waals surface area contributed by atoms with Gasteiger partial charge in [-0.2, -0.15) is 0 Å². The van der Waals surface area contributed by atoms with Crippen LogP contribution >= 0.6 is 22.9 Å². The minimum absolute atomic E-state index is 0.0558. The van der Waals surface area contributed by atoms with Crippen molar-refractivity contribution >= 4 is 34.8 Å². The van der Waals surface area contributed by atoms with Gasteiger partial charge in [0.05, 0.1) is 15.8 Å². The molecule has 4 N–H and O–H groups in total. The molecule has 8 heteroatoms. The highest BCUT2D eigenvalue weighted by molar-refractivity contribution is 7.16. The van der Waals surface area contributed by atoms with Crippen LogP contribution in [-0.2, 0) is 16.1 Å². The summed E-state index contributed by atoms with van der Waals surface area (Å²) >= 11 is 7.60. The lowest BCUT2D eigenvalue weighted by Crippen LogP contribution is -3.28. The number of hydrogen-bond acceptors (Lipinski definition) is 3. The Labute approximate surface area is 145 Å². The number of amides is 2. The van der Waals surface area contributed by atoms with E-state index < -0.39 is 0 Å². The molecule has 0 radical (unpaired) electrons. The topological polar surface area (TPSA) is 67.1 Å². The molecule has 1 aromatic rings. The van der Waals surface area contributed by atoms with Crippen LogP contribution in [-0.4, -0.2) is 57.6 Å². The number of piperazine rings is 1. The van der Waals surface area contributed by atoms with Gasteiger partial charge in [0.25, 0.3) is 5.91 Å². The maximum Gasteiger partial charge on any atom is 0.275 e. The molecule has 1 aromatic heterocycles. The molecule has 0 bridgehead atoms. The molecule has 2 heterocycles. The summed E-state index contributed by atoms with van der Waals surface area (Å²) in [4.78, 5) is 27.3. The number of rotatable bonds is 7. The third kappa shape index (κ3) is 6.47. The summed E-state index contributed by atoms with van der Waals surface area (Å²) in [5.41, 5.74) is 0. The Hall–Kier alpha value is -1.15. The van der Waals surface area contributed by atoms with E-state index in [-0.39, 0.29) is 18.4 Å². The van der Waals surface area contributed by atoms with Crippen LogP contribution in [0.3, 0.4) is 0 Å². The zero-order valence-electron chi connectivity index (χ0n) is 13.4. The minimum Gasteiger partial charge on any atom is -0.355 e. The normalized spacial score (nSPS) is 21.0. The molecule has 0 unspecified atom stereocenters. The summed E-state index contributed by atoms with van der Waals surface area (Å²) < 4.78 is 0.840. The predicted molar refractivity (Wildman–Crippen MR) is 91.0 cm³/mol. The van der Waals surface area contributed by atoms with E-state index in [0.29, 0.717) is 13.1 Å². The van der Waals surface area contributed by atoms with Crippen molar-refractivity contribution in [3.05, 3.63) is 21.3 Å². The Bertz CT molecular complexity index is 529. The lowest BCUT2D eigenvalue weighted by atomic mass is 10.3. The van der Waals surface area contributed by atoms with Crippen molar-refractivity contribution in [2.45, 2.75) is 13.5 Å². The Morgan fingerprint density at radius 1 is 1.13 bits per heavy atom. The van der Waals surface area contributed by atoms with E-state index in [1.54, 1.807) is 11.3 Å². The molecule has 0 saturated carbocycles. The molecule has 128 valence electrons. The average molecular weight is 361 g/mol. The molecule has 1 aliphatic heterocycles. The van der Waals surface area contributed by atoms with Crippen molar-refractivity contribution in [1.29, 1.82) is 0 Å². The Morgan fingerprint density at radius 2 is 1.83 bits per heavy atom. The quantitative estimate of drug-likeness (QED) is 0.452. The van der Waals surface area contributed by atoms with E-state index in [0.717, 1.165) is 37.1 Å². The highest BCUT2D eigenvalue weighted by atomic mass is 35.5. The van der Waals surface area contributed by atoms with Gasteiger partial charge in [-0.15, -0.1) is 11.3 Å². The molecule has 1 fully saturated rings. The van der Waals surface area contributed by atoms with Gasteiger partial charge >= 0.3 is 0 Å². The fourth-order valence-corrected chi connectivity index (χ4v) is 3.89. The molecule has 0 spiro atoms. The number of carbonyl (C=O) groups excluding carboxylic acids is 2.